The average Bonchev–Trinajstić information content (AvgIpc) is 3.36. The first-order valence-corrected chi connectivity index (χ1v) is 10.5. The molecule has 0 spiro atoms. The minimum atomic E-state index is -0.0664. The van der Waals surface area contributed by atoms with Gasteiger partial charge in [0.15, 0.2) is 0 Å². The van der Waals surface area contributed by atoms with E-state index in [0.717, 1.165) is 46.7 Å². The van der Waals surface area contributed by atoms with Crippen molar-refractivity contribution in [1.29, 1.82) is 0 Å². The molecule has 1 unspecified atom stereocenters. The molecule has 152 valence electrons. The number of hydrogen-bond donors (Lipinski definition) is 2. The SMILES string of the molecule is COc1cccc(CCNc2ncnc3sc(C(=O)NC4CCOC4)c(C)c23)c1. The molecule has 3 aromatic rings. The maximum absolute atomic E-state index is 12.7. The molecule has 1 atom stereocenters. The van der Waals surface area contributed by atoms with E-state index in [0.29, 0.717) is 18.1 Å². The maximum atomic E-state index is 12.7. The zero-order chi connectivity index (χ0) is 20.2. The molecule has 1 aromatic carbocycles. The fourth-order valence-corrected chi connectivity index (χ4v) is 4.53. The topological polar surface area (TPSA) is 85.4 Å². The number of benzene rings is 1. The first-order chi connectivity index (χ1) is 14.2. The van der Waals surface area contributed by atoms with E-state index in [2.05, 4.69) is 26.7 Å². The van der Waals surface area contributed by atoms with Crippen LogP contribution < -0.4 is 15.4 Å². The van der Waals surface area contributed by atoms with Crippen LogP contribution in [0.3, 0.4) is 0 Å². The monoisotopic (exact) mass is 412 g/mol. The largest absolute Gasteiger partial charge is 0.497 e. The summed E-state index contributed by atoms with van der Waals surface area (Å²) < 4.78 is 10.6. The van der Waals surface area contributed by atoms with Gasteiger partial charge in [0, 0.05) is 13.2 Å². The quantitative estimate of drug-likeness (QED) is 0.620. The molecule has 2 aromatic heterocycles. The Bertz CT molecular complexity index is 1010. The van der Waals surface area contributed by atoms with Crippen LogP contribution in [-0.4, -0.2) is 48.8 Å². The van der Waals surface area contributed by atoms with Crippen LogP contribution in [0.25, 0.3) is 10.2 Å². The van der Waals surface area contributed by atoms with Crippen molar-refractivity contribution in [3.05, 3.63) is 46.6 Å². The van der Waals surface area contributed by atoms with Crippen LogP contribution in [0.2, 0.25) is 0 Å². The normalized spacial score (nSPS) is 16.1. The van der Waals surface area contributed by atoms with Crippen molar-refractivity contribution in [3.63, 3.8) is 0 Å². The van der Waals surface area contributed by atoms with Gasteiger partial charge in [-0.05, 0) is 43.0 Å². The van der Waals surface area contributed by atoms with Gasteiger partial charge in [-0.2, -0.15) is 0 Å². The molecule has 3 heterocycles. The van der Waals surface area contributed by atoms with Crippen LogP contribution in [0.4, 0.5) is 5.82 Å². The molecule has 8 heteroatoms. The first-order valence-electron chi connectivity index (χ1n) is 9.65. The number of nitrogens with one attached hydrogen (secondary N) is 2. The summed E-state index contributed by atoms with van der Waals surface area (Å²) >= 11 is 1.40. The van der Waals surface area contributed by atoms with E-state index in [1.807, 2.05) is 25.1 Å². The summed E-state index contributed by atoms with van der Waals surface area (Å²) in [6.45, 7) is 3.95. The van der Waals surface area contributed by atoms with E-state index in [-0.39, 0.29) is 11.9 Å². The maximum Gasteiger partial charge on any atom is 0.262 e. The van der Waals surface area contributed by atoms with Crippen LogP contribution in [0, 0.1) is 6.92 Å². The van der Waals surface area contributed by atoms with Crippen molar-refractivity contribution in [1.82, 2.24) is 15.3 Å². The highest BCUT2D eigenvalue weighted by Crippen LogP contribution is 2.33. The van der Waals surface area contributed by atoms with E-state index < -0.39 is 0 Å². The van der Waals surface area contributed by atoms with Gasteiger partial charge < -0.3 is 20.1 Å². The van der Waals surface area contributed by atoms with E-state index >= 15 is 0 Å². The van der Waals surface area contributed by atoms with E-state index in [1.165, 1.54) is 16.9 Å². The Kier molecular flexibility index (Phi) is 5.92. The van der Waals surface area contributed by atoms with Crippen molar-refractivity contribution in [2.75, 3.05) is 32.2 Å². The van der Waals surface area contributed by atoms with Gasteiger partial charge in [-0.25, -0.2) is 9.97 Å². The minimum absolute atomic E-state index is 0.0664. The van der Waals surface area contributed by atoms with Crippen molar-refractivity contribution in [3.8, 4) is 5.75 Å². The van der Waals surface area contributed by atoms with Crippen LogP contribution in [0.1, 0.15) is 27.2 Å². The van der Waals surface area contributed by atoms with Crippen LogP contribution in [0.5, 0.6) is 5.75 Å². The van der Waals surface area contributed by atoms with Gasteiger partial charge in [0.2, 0.25) is 0 Å². The molecule has 1 fully saturated rings. The van der Waals surface area contributed by atoms with Gasteiger partial charge in [-0.3, -0.25) is 4.79 Å². The second-order valence-electron chi connectivity index (χ2n) is 7.02. The molecule has 1 amide bonds. The van der Waals surface area contributed by atoms with Crippen molar-refractivity contribution < 1.29 is 14.3 Å². The Morgan fingerprint density at radius 1 is 1.38 bits per heavy atom. The van der Waals surface area contributed by atoms with E-state index in [1.54, 1.807) is 13.4 Å². The number of rotatable bonds is 7. The Labute approximate surface area is 173 Å². The number of carbonyl (C=O) groups excluding carboxylic acids is 1. The lowest BCUT2D eigenvalue weighted by atomic mass is 10.1. The lowest BCUT2D eigenvalue weighted by molar-refractivity contribution is 0.0933. The highest BCUT2D eigenvalue weighted by atomic mass is 32.1. The van der Waals surface area contributed by atoms with Gasteiger partial charge in [-0.1, -0.05) is 12.1 Å². The molecule has 1 aliphatic heterocycles. The van der Waals surface area contributed by atoms with Gasteiger partial charge in [0.1, 0.15) is 22.7 Å². The Balaban J connectivity index is 1.49. The van der Waals surface area contributed by atoms with Gasteiger partial charge in [0.05, 0.1) is 30.0 Å². The zero-order valence-corrected chi connectivity index (χ0v) is 17.3. The first kappa shape index (κ1) is 19.6. The molecular weight excluding hydrogens is 388 g/mol. The summed E-state index contributed by atoms with van der Waals surface area (Å²) in [4.78, 5) is 23.0. The number of aryl methyl sites for hydroxylation is 1. The molecule has 1 saturated heterocycles. The van der Waals surface area contributed by atoms with Crippen molar-refractivity contribution in [2.24, 2.45) is 0 Å². The fraction of sp³-hybridized carbons (Fsp3) is 0.381. The third-order valence-electron chi connectivity index (χ3n) is 5.04. The number of carbonyl (C=O) groups is 1. The Morgan fingerprint density at radius 3 is 3.07 bits per heavy atom. The number of anilines is 1. The molecule has 7 nitrogen and oxygen atoms in total. The molecule has 1 aliphatic rings. The minimum Gasteiger partial charge on any atom is -0.497 e. The molecule has 29 heavy (non-hydrogen) atoms. The average molecular weight is 413 g/mol. The third kappa shape index (κ3) is 4.33. The van der Waals surface area contributed by atoms with Crippen LogP contribution in [0.15, 0.2) is 30.6 Å². The lowest BCUT2D eigenvalue weighted by Gasteiger charge is -2.10. The second-order valence-corrected chi connectivity index (χ2v) is 8.02. The highest BCUT2D eigenvalue weighted by molar-refractivity contribution is 7.20. The van der Waals surface area contributed by atoms with E-state index in [9.17, 15) is 4.79 Å². The molecule has 0 bridgehead atoms. The molecule has 2 N–H and O–H groups in total. The lowest BCUT2D eigenvalue weighted by Crippen LogP contribution is -2.34. The van der Waals surface area contributed by atoms with Crippen LogP contribution >= 0.6 is 11.3 Å². The van der Waals surface area contributed by atoms with Crippen LogP contribution in [-0.2, 0) is 11.2 Å². The van der Waals surface area contributed by atoms with Crippen molar-refractivity contribution in [2.45, 2.75) is 25.8 Å². The molecule has 0 aliphatic carbocycles. The number of fused-ring (bicyclic) bond motifs is 1. The third-order valence-corrected chi connectivity index (χ3v) is 6.24. The summed E-state index contributed by atoms with van der Waals surface area (Å²) in [5, 5.41) is 7.37. The summed E-state index contributed by atoms with van der Waals surface area (Å²) in [6.07, 6.45) is 3.23. The number of thiophene rings is 1. The highest BCUT2D eigenvalue weighted by Gasteiger charge is 2.23. The number of hydrogen-bond acceptors (Lipinski definition) is 7. The Hall–Kier alpha value is -2.71. The zero-order valence-electron chi connectivity index (χ0n) is 16.5. The number of methoxy groups -OCH3 is 1. The number of ether oxygens (including phenoxy) is 2. The predicted octanol–water partition coefficient (Wildman–Crippen LogP) is 3.18. The molecule has 4 rings (SSSR count). The molecule has 0 saturated carbocycles. The van der Waals surface area contributed by atoms with E-state index in [4.69, 9.17) is 9.47 Å². The molecule has 0 radical (unpaired) electrons. The predicted molar refractivity (Wildman–Crippen MR) is 114 cm³/mol. The second kappa shape index (κ2) is 8.75. The number of nitrogens with zero attached hydrogens (tertiary/aromatic N) is 2. The summed E-state index contributed by atoms with van der Waals surface area (Å²) in [6, 6.07) is 8.11. The fourth-order valence-electron chi connectivity index (χ4n) is 3.47. The van der Waals surface area contributed by atoms with Crippen molar-refractivity contribution >= 4 is 33.3 Å². The summed E-state index contributed by atoms with van der Waals surface area (Å²) in [7, 11) is 1.67. The van der Waals surface area contributed by atoms with Gasteiger partial charge in [-0.15, -0.1) is 11.3 Å². The molecular formula is C21H24N4O3S. The number of amides is 1. The standard InChI is InChI=1S/C21H24N4O3S/c1-13-17-19(22-8-6-14-4-3-5-16(10-14)27-2)23-12-24-21(17)29-18(13)20(26)25-15-7-9-28-11-15/h3-5,10,12,15H,6-9,11H2,1-2H3,(H,25,26)(H,22,23,24). The number of aromatic nitrogens is 2. The smallest absolute Gasteiger partial charge is 0.262 e. The Morgan fingerprint density at radius 2 is 2.28 bits per heavy atom. The summed E-state index contributed by atoms with van der Waals surface area (Å²) in [5.74, 6) is 1.54. The van der Waals surface area contributed by atoms with Gasteiger partial charge in [0.25, 0.3) is 5.91 Å². The van der Waals surface area contributed by atoms with Gasteiger partial charge >= 0.3 is 0 Å². The summed E-state index contributed by atoms with van der Waals surface area (Å²) in [5.41, 5.74) is 2.09.